The van der Waals surface area contributed by atoms with Crippen molar-refractivity contribution in [3.05, 3.63) is 54.0 Å². The fraction of sp³-hybridized carbons (Fsp3) is 0.333. The van der Waals surface area contributed by atoms with Gasteiger partial charge in [0.15, 0.2) is 5.76 Å². The van der Waals surface area contributed by atoms with E-state index in [4.69, 9.17) is 9.15 Å². The molecule has 0 unspecified atom stereocenters. The lowest BCUT2D eigenvalue weighted by molar-refractivity contribution is 0.0926. The second-order valence-electron chi connectivity index (χ2n) is 5.36. The maximum atomic E-state index is 11.9. The van der Waals surface area contributed by atoms with Crippen LogP contribution in [0.2, 0.25) is 0 Å². The normalized spacial score (nSPS) is 11.4. The lowest BCUT2D eigenvalue weighted by Gasteiger charge is -2.16. The van der Waals surface area contributed by atoms with Crippen LogP contribution in [0.15, 0.2) is 47.1 Å². The Morgan fingerprint density at radius 3 is 2.68 bits per heavy atom. The fourth-order valence-corrected chi connectivity index (χ4v) is 2.22. The molecule has 0 aliphatic heterocycles. The van der Waals surface area contributed by atoms with Gasteiger partial charge in [-0.15, -0.1) is 0 Å². The molecule has 134 valence electrons. The minimum absolute atomic E-state index is 0.168. The molecule has 3 amide bonds. The zero-order chi connectivity index (χ0) is 18.1. The third-order valence-electron chi connectivity index (χ3n) is 3.46. The van der Waals surface area contributed by atoms with Crippen LogP contribution in [0.3, 0.4) is 0 Å². The number of carbonyl (C=O) groups excluding carboxylic acids is 2. The molecule has 7 nitrogen and oxygen atoms in total. The number of ether oxygens (including phenoxy) is 1. The molecule has 0 saturated carbocycles. The standard InChI is InChI=1S/C18H23N3O4/c1-3-24-15-7-4-6-14(12-15)13(2)21-18(23)20-10-9-19-17(22)16-8-5-11-25-16/h4-8,11-13H,3,9-10H2,1-2H3,(H,19,22)(H2,20,21,23)/t13-/m0/s1. The van der Waals surface area contributed by atoms with Crippen LogP contribution in [-0.4, -0.2) is 31.6 Å². The molecule has 0 aliphatic rings. The van der Waals surface area contributed by atoms with Crippen molar-refractivity contribution >= 4 is 11.9 Å². The quantitative estimate of drug-likeness (QED) is 0.641. The minimum atomic E-state index is -0.312. The van der Waals surface area contributed by atoms with E-state index in [1.807, 2.05) is 38.1 Å². The third-order valence-corrected chi connectivity index (χ3v) is 3.46. The summed E-state index contributed by atoms with van der Waals surface area (Å²) in [7, 11) is 0. The second-order valence-corrected chi connectivity index (χ2v) is 5.36. The summed E-state index contributed by atoms with van der Waals surface area (Å²) >= 11 is 0. The van der Waals surface area contributed by atoms with Crippen LogP contribution in [0.5, 0.6) is 5.75 Å². The number of benzene rings is 1. The van der Waals surface area contributed by atoms with Crippen molar-refractivity contribution in [3.8, 4) is 5.75 Å². The number of amides is 3. The summed E-state index contributed by atoms with van der Waals surface area (Å²) in [6, 6.07) is 10.3. The van der Waals surface area contributed by atoms with Crippen LogP contribution < -0.4 is 20.7 Å². The Labute approximate surface area is 146 Å². The average Bonchev–Trinajstić information content (AvgIpc) is 3.14. The van der Waals surface area contributed by atoms with Gasteiger partial charge in [0.25, 0.3) is 5.91 Å². The highest BCUT2D eigenvalue weighted by Crippen LogP contribution is 2.18. The van der Waals surface area contributed by atoms with E-state index in [-0.39, 0.29) is 23.7 Å². The van der Waals surface area contributed by atoms with Crippen molar-refractivity contribution < 1.29 is 18.7 Å². The molecule has 7 heteroatoms. The first kappa shape index (κ1) is 18.4. The lowest BCUT2D eigenvalue weighted by atomic mass is 10.1. The van der Waals surface area contributed by atoms with E-state index in [1.54, 1.807) is 12.1 Å². The highest BCUT2D eigenvalue weighted by atomic mass is 16.5. The van der Waals surface area contributed by atoms with Crippen LogP contribution in [0, 0.1) is 0 Å². The van der Waals surface area contributed by atoms with Crippen LogP contribution >= 0.6 is 0 Å². The van der Waals surface area contributed by atoms with Crippen LogP contribution in [0.25, 0.3) is 0 Å². The van der Waals surface area contributed by atoms with E-state index in [1.165, 1.54) is 6.26 Å². The van der Waals surface area contributed by atoms with Gasteiger partial charge in [-0.3, -0.25) is 4.79 Å². The van der Waals surface area contributed by atoms with Gasteiger partial charge in [0, 0.05) is 13.1 Å². The number of rotatable bonds is 8. The summed E-state index contributed by atoms with van der Waals surface area (Å²) in [5, 5.41) is 8.20. The summed E-state index contributed by atoms with van der Waals surface area (Å²) in [5.41, 5.74) is 0.951. The first-order valence-electron chi connectivity index (χ1n) is 8.19. The summed E-state index contributed by atoms with van der Waals surface area (Å²) in [6.07, 6.45) is 1.43. The molecule has 0 spiro atoms. The number of urea groups is 1. The van der Waals surface area contributed by atoms with E-state index < -0.39 is 0 Å². The summed E-state index contributed by atoms with van der Waals surface area (Å²) in [6.45, 7) is 5.02. The van der Waals surface area contributed by atoms with Gasteiger partial charge < -0.3 is 25.1 Å². The van der Waals surface area contributed by atoms with Crippen molar-refractivity contribution in [1.82, 2.24) is 16.0 Å². The topological polar surface area (TPSA) is 92.6 Å². The van der Waals surface area contributed by atoms with Crippen molar-refractivity contribution in [2.24, 2.45) is 0 Å². The van der Waals surface area contributed by atoms with Crippen molar-refractivity contribution in [2.75, 3.05) is 19.7 Å². The van der Waals surface area contributed by atoms with Crippen LogP contribution in [-0.2, 0) is 0 Å². The van der Waals surface area contributed by atoms with Gasteiger partial charge in [-0.1, -0.05) is 12.1 Å². The molecule has 0 saturated heterocycles. The molecule has 0 radical (unpaired) electrons. The van der Waals surface area contributed by atoms with Crippen LogP contribution in [0.1, 0.15) is 36.0 Å². The molecule has 0 aliphatic carbocycles. The smallest absolute Gasteiger partial charge is 0.315 e. The summed E-state index contributed by atoms with van der Waals surface area (Å²) in [4.78, 5) is 23.6. The number of nitrogens with one attached hydrogen (secondary N) is 3. The van der Waals surface area contributed by atoms with Gasteiger partial charge in [0.05, 0.1) is 18.9 Å². The van der Waals surface area contributed by atoms with Crippen molar-refractivity contribution in [3.63, 3.8) is 0 Å². The van der Waals surface area contributed by atoms with Gasteiger partial charge in [0.2, 0.25) is 0 Å². The molecule has 0 bridgehead atoms. The Balaban J connectivity index is 1.70. The maximum Gasteiger partial charge on any atom is 0.315 e. The molecule has 1 atom stereocenters. The van der Waals surface area contributed by atoms with E-state index in [0.29, 0.717) is 19.7 Å². The van der Waals surface area contributed by atoms with Gasteiger partial charge in [-0.25, -0.2) is 4.79 Å². The molecular formula is C18H23N3O4. The SMILES string of the molecule is CCOc1cccc([C@H](C)NC(=O)NCCNC(=O)c2ccco2)c1. The summed E-state index contributed by atoms with van der Waals surface area (Å²) < 4.78 is 10.4. The van der Waals surface area contributed by atoms with Crippen molar-refractivity contribution in [1.29, 1.82) is 0 Å². The highest BCUT2D eigenvalue weighted by Gasteiger charge is 2.11. The molecule has 0 fully saturated rings. The first-order valence-corrected chi connectivity index (χ1v) is 8.19. The molecule has 2 aromatic rings. The van der Waals surface area contributed by atoms with Gasteiger partial charge in [0.1, 0.15) is 5.75 Å². The zero-order valence-electron chi connectivity index (χ0n) is 14.4. The van der Waals surface area contributed by atoms with Gasteiger partial charge in [-0.2, -0.15) is 0 Å². The largest absolute Gasteiger partial charge is 0.494 e. The number of furan rings is 1. The summed E-state index contributed by atoms with van der Waals surface area (Å²) in [5.74, 6) is 0.704. The van der Waals surface area contributed by atoms with E-state index in [9.17, 15) is 9.59 Å². The number of hydrogen-bond acceptors (Lipinski definition) is 4. The molecule has 3 N–H and O–H groups in total. The Kier molecular flexibility index (Phi) is 6.88. The molecular weight excluding hydrogens is 322 g/mol. The van der Waals surface area contributed by atoms with Gasteiger partial charge in [-0.05, 0) is 43.7 Å². The Hall–Kier alpha value is -2.96. The van der Waals surface area contributed by atoms with Gasteiger partial charge >= 0.3 is 6.03 Å². The van der Waals surface area contributed by atoms with E-state index >= 15 is 0 Å². The maximum absolute atomic E-state index is 11.9. The van der Waals surface area contributed by atoms with Crippen LogP contribution in [0.4, 0.5) is 4.79 Å². The van der Waals surface area contributed by atoms with Crippen molar-refractivity contribution in [2.45, 2.75) is 19.9 Å². The Morgan fingerprint density at radius 1 is 1.16 bits per heavy atom. The predicted octanol–water partition coefficient (Wildman–Crippen LogP) is 2.47. The highest BCUT2D eigenvalue weighted by molar-refractivity contribution is 5.91. The number of carbonyl (C=O) groups is 2. The molecule has 1 aromatic carbocycles. The Bertz CT molecular complexity index is 685. The predicted molar refractivity (Wildman–Crippen MR) is 93.6 cm³/mol. The zero-order valence-corrected chi connectivity index (χ0v) is 14.4. The third kappa shape index (κ3) is 5.87. The molecule has 1 aromatic heterocycles. The average molecular weight is 345 g/mol. The lowest BCUT2D eigenvalue weighted by Crippen LogP contribution is -2.41. The van der Waals surface area contributed by atoms with E-state index in [2.05, 4.69) is 16.0 Å². The molecule has 2 rings (SSSR count). The minimum Gasteiger partial charge on any atom is -0.494 e. The second kappa shape index (κ2) is 9.36. The van der Waals surface area contributed by atoms with E-state index in [0.717, 1.165) is 11.3 Å². The monoisotopic (exact) mass is 345 g/mol. The first-order chi connectivity index (χ1) is 12.1. The fourth-order valence-electron chi connectivity index (χ4n) is 2.22. The molecule has 25 heavy (non-hydrogen) atoms. The molecule has 1 heterocycles. The number of hydrogen-bond donors (Lipinski definition) is 3. The Morgan fingerprint density at radius 2 is 1.96 bits per heavy atom.